The quantitative estimate of drug-likeness (QED) is 0.841. The molecule has 0 aromatic heterocycles. The molecular weight excluding hydrogens is 202 g/mol. The van der Waals surface area contributed by atoms with Crippen LogP contribution in [0.2, 0.25) is 0 Å². The molecule has 0 fully saturated rings. The van der Waals surface area contributed by atoms with Gasteiger partial charge in [-0.2, -0.15) is 0 Å². The SMILES string of the molecule is CCCNC(=O)C1COc2ccccc2C1. The first-order chi connectivity index (χ1) is 7.81. The molecule has 1 aliphatic rings. The number of fused-ring (bicyclic) bond motifs is 1. The number of para-hydroxylation sites is 1. The molecule has 1 atom stereocenters. The standard InChI is InChI=1S/C13H17NO2/c1-2-7-14-13(15)11-8-10-5-3-4-6-12(10)16-9-11/h3-6,11H,2,7-9H2,1H3,(H,14,15). The minimum atomic E-state index is -0.0403. The molecule has 0 saturated carbocycles. The molecule has 1 unspecified atom stereocenters. The fourth-order valence-electron chi connectivity index (χ4n) is 1.89. The van der Waals surface area contributed by atoms with E-state index in [2.05, 4.69) is 5.32 Å². The van der Waals surface area contributed by atoms with Gasteiger partial charge in [0.05, 0.1) is 5.92 Å². The van der Waals surface area contributed by atoms with E-state index >= 15 is 0 Å². The number of nitrogens with one attached hydrogen (secondary N) is 1. The summed E-state index contributed by atoms with van der Waals surface area (Å²) in [5.41, 5.74) is 1.13. The zero-order valence-corrected chi connectivity index (χ0v) is 9.53. The summed E-state index contributed by atoms with van der Waals surface area (Å²) in [6.07, 6.45) is 1.75. The second kappa shape index (κ2) is 5.01. The number of hydrogen-bond acceptors (Lipinski definition) is 2. The van der Waals surface area contributed by atoms with Gasteiger partial charge in [-0.05, 0) is 24.5 Å². The molecule has 16 heavy (non-hydrogen) atoms. The minimum Gasteiger partial charge on any atom is -0.492 e. The highest BCUT2D eigenvalue weighted by Crippen LogP contribution is 2.26. The summed E-state index contributed by atoms with van der Waals surface area (Å²) < 4.78 is 5.58. The average Bonchev–Trinajstić information content (AvgIpc) is 2.35. The number of benzene rings is 1. The molecule has 3 heteroatoms. The second-order valence-corrected chi connectivity index (χ2v) is 4.11. The van der Waals surface area contributed by atoms with E-state index in [9.17, 15) is 4.79 Å². The Bertz CT molecular complexity index is 376. The van der Waals surface area contributed by atoms with Crippen molar-refractivity contribution in [1.82, 2.24) is 5.32 Å². The van der Waals surface area contributed by atoms with Crippen molar-refractivity contribution in [2.45, 2.75) is 19.8 Å². The van der Waals surface area contributed by atoms with Crippen LogP contribution in [0.3, 0.4) is 0 Å². The van der Waals surface area contributed by atoms with Gasteiger partial charge in [0.25, 0.3) is 0 Å². The van der Waals surface area contributed by atoms with Crippen LogP contribution in [0.4, 0.5) is 0 Å². The third-order valence-corrected chi connectivity index (χ3v) is 2.80. The number of carbonyl (C=O) groups excluding carboxylic acids is 1. The van der Waals surface area contributed by atoms with Crippen LogP contribution in [0.15, 0.2) is 24.3 Å². The fourth-order valence-corrected chi connectivity index (χ4v) is 1.89. The summed E-state index contributed by atoms with van der Waals surface area (Å²) in [6.45, 7) is 3.29. The Morgan fingerprint density at radius 1 is 1.50 bits per heavy atom. The molecule has 1 aromatic rings. The summed E-state index contributed by atoms with van der Waals surface area (Å²) in [5, 5.41) is 2.91. The molecule has 86 valence electrons. The van der Waals surface area contributed by atoms with Gasteiger partial charge in [0.2, 0.25) is 5.91 Å². The van der Waals surface area contributed by atoms with Gasteiger partial charge in [-0.1, -0.05) is 25.1 Å². The summed E-state index contributed by atoms with van der Waals surface area (Å²) >= 11 is 0. The Balaban J connectivity index is 1.99. The smallest absolute Gasteiger partial charge is 0.226 e. The van der Waals surface area contributed by atoms with E-state index < -0.39 is 0 Å². The summed E-state index contributed by atoms with van der Waals surface area (Å²) in [6, 6.07) is 7.91. The van der Waals surface area contributed by atoms with E-state index in [0.717, 1.165) is 30.7 Å². The summed E-state index contributed by atoms with van der Waals surface area (Å²) in [5.74, 6) is 0.986. The van der Waals surface area contributed by atoms with E-state index in [0.29, 0.717) is 6.61 Å². The van der Waals surface area contributed by atoms with E-state index in [-0.39, 0.29) is 11.8 Å². The van der Waals surface area contributed by atoms with E-state index in [1.54, 1.807) is 0 Å². The van der Waals surface area contributed by atoms with Crippen molar-refractivity contribution in [1.29, 1.82) is 0 Å². The van der Waals surface area contributed by atoms with Gasteiger partial charge < -0.3 is 10.1 Å². The molecule has 1 N–H and O–H groups in total. The van der Waals surface area contributed by atoms with Gasteiger partial charge in [0.1, 0.15) is 12.4 Å². The molecule has 2 rings (SSSR count). The Morgan fingerprint density at radius 3 is 3.12 bits per heavy atom. The number of rotatable bonds is 3. The first kappa shape index (κ1) is 11.0. The fraction of sp³-hybridized carbons (Fsp3) is 0.462. The topological polar surface area (TPSA) is 38.3 Å². The van der Waals surface area contributed by atoms with Crippen molar-refractivity contribution < 1.29 is 9.53 Å². The lowest BCUT2D eigenvalue weighted by atomic mass is 9.96. The van der Waals surface area contributed by atoms with Crippen molar-refractivity contribution in [3.63, 3.8) is 0 Å². The Labute approximate surface area is 95.8 Å². The van der Waals surface area contributed by atoms with Crippen molar-refractivity contribution in [2.24, 2.45) is 5.92 Å². The number of amides is 1. The van der Waals surface area contributed by atoms with Crippen LogP contribution in [0, 0.1) is 5.92 Å². The molecule has 1 aromatic carbocycles. The van der Waals surface area contributed by atoms with Gasteiger partial charge >= 0.3 is 0 Å². The van der Waals surface area contributed by atoms with Crippen molar-refractivity contribution in [3.8, 4) is 5.75 Å². The molecule has 0 bridgehead atoms. The molecule has 0 radical (unpaired) electrons. The van der Waals surface area contributed by atoms with Crippen LogP contribution >= 0.6 is 0 Å². The van der Waals surface area contributed by atoms with Crippen LogP contribution in [0.1, 0.15) is 18.9 Å². The normalized spacial score (nSPS) is 18.4. The number of hydrogen-bond donors (Lipinski definition) is 1. The molecule has 0 aliphatic carbocycles. The maximum absolute atomic E-state index is 11.8. The number of ether oxygens (including phenoxy) is 1. The summed E-state index contributed by atoms with van der Waals surface area (Å²) in [7, 11) is 0. The van der Waals surface area contributed by atoms with Gasteiger partial charge in [-0.3, -0.25) is 4.79 Å². The van der Waals surface area contributed by atoms with Gasteiger partial charge in [0, 0.05) is 6.54 Å². The van der Waals surface area contributed by atoms with Crippen LogP contribution in [-0.2, 0) is 11.2 Å². The van der Waals surface area contributed by atoms with Crippen molar-refractivity contribution >= 4 is 5.91 Å². The minimum absolute atomic E-state index is 0.0403. The van der Waals surface area contributed by atoms with Crippen LogP contribution < -0.4 is 10.1 Å². The molecule has 1 amide bonds. The Morgan fingerprint density at radius 2 is 2.31 bits per heavy atom. The van der Waals surface area contributed by atoms with Gasteiger partial charge in [0.15, 0.2) is 0 Å². The molecule has 0 spiro atoms. The number of carbonyl (C=O) groups is 1. The van der Waals surface area contributed by atoms with Gasteiger partial charge in [-0.15, -0.1) is 0 Å². The molecule has 3 nitrogen and oxygen atoms in total. The molecule has 0 saturated heterocycles. The first-order valence-corrected chi connectivity index (χ1v) is 5.79. The zero-order valence-electron chi connectivity index (χ0n) is 9.53. The highest BCUT2D eigenvalue weighted by atomic mass is 16.5. The average molecular weight is 219 g/mol. The maximum atomic E-state index is 11.8. The van der Waals surface area contributed by atoms with E-state index in [1.807, 2.05) is 31.2 Å². The molecule has 1 aliphatic heterocycles. The third-order valence-electron chi connectivity index (χ3n) is 2.80. The predicted molar refractivity (Wildman–Crippen MR) is 62.4 cm³/mol. The highest BCUT2D eigenvalue weighted by molar-refractivity contribution is 5.79. The van der Waals surface area contributed by atoms with Crippen LogP contribution in [0.25, 0.3) is 0 Å². The Hall–Kier alpha value is -1.51. The van der Waals surface area contributed by atoms with Crippen molar-refractivity contribution in [3.05, 3.63) is 29.8 Å². The predicted octanol–water partition coefficient (Wildman–Crippen LogP) is 1.76. The lowest BCUT2D eigenvalue weighted by Crippen LogP contribution is -2.37. The third kappa shape index (κ3) is 2.35. The van der Waals surface area contributed by atoms with E-state index in [4.69, 9.17) is 4.74 Å². The van der Waals surface area contributed by atoms with Crippen LogP contribution in [-0.4, -0.2) is 19.1 Å². The van der Waals surface area contributed by atoms with E-state index in [1.165, 1.54) is 0 Å². The lowest BCUT2D eigenvalue weighted by molar-refractivity contribution is -0.126. The monoisotopic (exact) mass is 219 g/mol. The lowest BCUT2D eigenvalue weighted by Gasteiger charge is -2.24. The largest absolute Gasteiger partial charge is 0.492 e. The highest BCUT2D eigenvalue weighted by Gasteiger charge is 2.25. The first-order valence-electron chi connectivity index (χ1n) is 5.79. The van der Waals surface area contributed by atoms with Crippen LogP contribution in [0.5, 0.6) is 5.75 Å². The summed E-state index contributed by atoms with van der Waals surface area (Å²) in [4.78, 5) is 11.8. The Kier molecular flexibility index (Phi) is 3.44. The van der Waals surface area contributed by atoms with Gasteiger partial charge in [-0.25, -0.2) is 0 Å². The maximum Gasteiger partial charge on any atom is 0.226 e. The van der Waals surface area contributed by atoms with Crippen molar-refractivity contribution in [2.75, 3.05) is 13.2 Å². The molecule has 1 heterocycles. The zero-order chi connectivity index (χ0) is 11.4. The second-order valence-electron chi connectivity index (χ2n) is 4.11. The molecular formula is C13H17NO2.